The van der Waals surface area contributed by atoms with Crippen LogP contribution in [0.15, 0.2) is 58.4 Å². The summed E-state index contributed by atoms with van der Waals surface area (Å²) in [4.78, 5) is 41.7. The van der Waals surface area contributed by atoms with Gasteiger partial charge in [-0.2, -0.15) is 0 Å². The number of thioether (sulfide) groups is 1. The van der Waals surface area contributed by atoms with E-state index in [1.165, 1.54) is 35.9 Å². The molecule has 1 fully saturated rings. The van der Waals surface area contributed by atoms with Gasteiger partial charge in [0.2, 0.25) is 0 Å². The van der Waals surface area contributed by atoms with Crippen molar-refractivity contribution in [2.75, 3.05) is 13.7 Å². The Kier molecular flexibility index (Phi) is 6.13. The number of amides is 1. The Morgan fingerprint density at radius 2 is 1.90 bits per heavy atom. The average Bonchev–Trinajstić information content (AvgIpc) is 3.02. The predicted molar refractivity (Wildman–Crippen MR) is 109 cm³/mol. The molecule has 148 valence electrons. The summed E-state index contributed by atoms with van der Waals surface area (Å²) in [5, 5.41) is 11.5. The van der Waals surface area contributed by atoms with Gasteiger partial charge in [0.05, 0.1) is 29.2 Å². The minimum absolute atomic E-state index is 0.0192. The Bertz CT molecular complexity index is 1030. The molecule has 1 heterocycles. The zero-order valence-electron chi connectivity index (χ0n) is 15.7. The highest BCUT2D eigenvalue weighted by Gasteiger charge is 2.32. The fraction of sp³-hybridized carbons (Fsp3) is 0.143. The van der Waals surface area contributed by atoms with Crippen LogP contribution in [-0.4, -0.2) is 41.6 Å². The van der Waals surface area contributed by atoms with Gasteiger partial charge in [0.25, 0.3) is 5.91 Å². The molecule has 0 radical (unpaired) electrons. The highest BCUT2D eigenvalue weighted by molar-refractivity contribution is 8.18. The number of methoxy groups -OCH3 is 1. The van der Waals surface area contributed by atoms with Crippen LogP contribution in [-0.2, 0) is 9.53 Å². The van der Waals surface area contributed by atoms with Crippen molar-refractivity contribution in [2.24, 2.45) is 4.99 Å². The van der Waals surface area contributed by atoms with Gasteiger partial charge in [0, 0.05) is 6.54 Å². The number of carbonyl (C=O) groups is 3. The monoisotopic (exact) mass is 409 g/mol. The zero-order valence-corrected chi connectivity index (χ0v) is 16.6. The number of aromatic carboxylic acids is 1. The third-order valence-electron chi connectivity index (χ3n) is 4.14. The summed E-state index contributed by atoms with van der Waals surface area (Å²) in [5.41, 5.74) is 1.62. The molecule has 8 heteroatoms. The first-order valence-corrected chi connectivity index (χ1v) is 9.54. The van der Waals surface area contributed by atoms with E-state index in [4.69, 9.17) is 0 Å². The Hall–Kier alpha value is -3.39. The Morgan fingerprint density at radius 1 is 1.17 bits per heavy atom. The van der Waals surface area contributed by atoms with Crippen molar-refractivity contribution < 1.29 is 24.2 Å². The van der Waals surface area contributed by atoms with Gasteiger partial charge in [-0.1, -0.05) is 24.3 Å². The maximum absolute atomic E-state index is 12.7. The standard InChI is InChI=1S/C21H18N2O5S/c1-3-23-18(24)17(11-13-7-9-14(10-8-13)20(27)28-2)29-21(23)22-16-6-4-5-15(12-16)19(25)26/h4-12H,3H2,1-2H3,(H,25,26)/p-1/b17-11-,22-21?. The number of likely N-dealkylation sites (N-methyl/N-ethyl adjacent to an activating group) is 1. The molecule has 0 spiro atoms. The summed E-state index contributed by atoms with van der Waals surface area (Å²) in [6.07, 6.45) is 1.72. The number of benzene rings is 2. The predicted octanol–water partition coefficient (Wildman–Crippen LogP) is 2.46. The molecule has 0 saturated carbocycles. The summed E-state index contributed by atoms with van der Waals surface area (Å²) in [5.74, 6) is -1.91. The van der Waals surface area contributed by atoms with E-state index in [-0.39, 0.29) is 11.5 Å². The molecule has 0 aromatic heterocycles. The minimum Gasteiger partial charge on any atom is -0.545 e. The molecule has 1 amide bonds. The van der Waals surface area contributed by atoms with Crippen molar-refractivity contribution in [3.63, 3.8) is 0 Å². The van der Waals surface area contributed by atoms with E-state index >= 15 is 0 Å². The fourth-order valence-electron chi connectivity index (χ4n) is 2.67. The van der Waals surface area contributed by atoms with Crippen molar-refractivity contribution in [1.29, 1.82) is 0 Å². The molecule has 1 saturated heterocycles. The summed E-state index contributed by atoms with van der Waals surface area (Å²) in [6, 6.07) is 12.7. The molecule has 0 aliphatic carbocycles. The number of hydrogen-bond acceptors (Lipinski definition) is 7. The molecule has 3 rings (SSSR count). The van der Waals surface area contributed by atoms with Gasteiger partial charge in [-0.3, -0.25) is 9.69 Å². The second kappa shape index (κ2) is 8.74. The minimum atomic E-state index is -1.29. The molecule has 1 aliphatic rings. The first kappa shape index (κ1) is 20.3. The highest BCUT2D eigenvalue weighted by atomic mass is 32.2. The van der Waals surface area contributed by atoms with Crippen LogP contribution >= 0.6 is 11.8 Å². The second-order valence-electron chi connectivity index (χ2n) is 6.01. The van der Waals surface area contributed by atoms with Gasteiger partial charge in [0.15, 0.2) is 5.17 Å². The van der Waals surface area contributed by atoms with Crippen LogP contribution in [0.1, 0.15) is 33.2 Å². The number of aliphatic imine (C=N–C) groups is 1. The van der Waals surface area contributed by atoms with Crippen LogP contribution in [0.2, 0.25) is 0 Å². The molecule has 7 nitrogen and oxygen atoms in total. The van der Waals surface area contributed by atoms with Gasteiger partial charge >= 0.3 is 5.97 Å². The third-order valence-corrected chi connectivity index (χ3v) is 5.15. The first-order chi connectivity index (χ1) is 13.9. The number of esters is 1. The lowest BCUT2D eigenvalue weighted by Crippen LogP contribution is -2.28. The van der Waals surface area contributed by atoms with E-state index in [1.807, 2.05) is 6.92 Å². The zero-order chi connectivity index (χ0) is 21.0. The van der Waals surface area contributed by atoms with Crippen LogP contribution in [0, 0.1) is 0 Å². The number of hydrogen-bond donors (Lipinski definition) is 0. The van der Waals surface area contributed by atoms with Crippen LogP contribution in [0.3, 0.4) is 0 Å². The molecular formula is C21H17N2O5S-. The number of nitrogens with zero attached hydrogens (tertiary/aromatic N) is 2. The maximum Gasteiger partial charge on any atom is 0.337 e. The topological polar surface area (TPSA) is 99.1 Å². The molecular weight excluding hydrogens is 392 g/mol. The van der Waals surface area contributed by atoms with E-state index in [9.17, 15) is 19.5 Å². The molecule has 0 N–H and O–H groups in total. The van der Waals surface area contributed by atoms with Crippen molar-refractivity contribution >= 4 is 46.5 Å². The summed E-state index contributed by atoms with van der Waals surface area (Å²) in [7, 11) is 1.31. The quantitative estimate of drug-likeness (QED) is 0.556. The number of rotatable bonds is 5. The molecule has 29 heavy (non-hydrogen) atoms. The maximum atomic E-state index is 12.7. The number of amidine groups is 1. The number of carbonyl (C=O) groups excluding carboxylic acids is 3. The van der Waals surface area contributed by atoms with Gasteiger partial charge in [0.1, 0.15) is 0 Å². The third kappa shape index (κ3) is 4.55. The van der Waals surface area contributed by atoms with E-state index in [0.29, 0.717) is 27.9 Å². The van der Waals surface area contributed by atoms with Crippen LogP contribution in [0.4, 0.5) is 5.69 Å². The Labute approximate surface area is 171 Å². The van der Waals surface area contributed by atoms with Crippen molar-refractivity contribution in [2.45, 2.75) is 6.92 Å². The lowest BCUT2D eigenvalue weighted by molar-refractivity contribution is -0.255. The number of ether oxygens (including phenoxy) is 1. The second-order valence-corrected chi connectivity index (χ2v) is 7.01. The van der Waals surface area contributed by atoms with Crippen molar-refractivity contribution in [3.05, 3.63) is 70.1 Å². The number of carboxylic acids is 1. The summed E-state index contributed by atoms with van der Waals surface area (Å²) >= 11 is 1.20. The summed E-state index contributed by atoms with van der Waals surface area (Å²) < 4.78 is 4.67. The fourth-order valence-corrected chi connectivity index (χ4v) is 3.73. The SMILES string of the molecule is CCN1C(=O)/C(=C/c2ccc(C(=O)OC)cc2)SC1=Nc1cccc(C(=O)[O-])c1. The van der Waals surface area contributed by atoms with Crippen molar-refractivity contribution in [3.8, 4) is 0 Å². The lowest BCUT2D eigenvalue weighted by atomic mass is 10.1. The Balaban J connectivity index is 1.88. The van der Waals surface area contributed by atoms with Gasteiger partial charge in [-0.25, -0.2) is 9.79 Å². The smallest absolute Gasteiger partial charge is 0.337 e. The molecule has 2 aromatic carbocycles. The molecule has 0 atom stereocenters. The van der Waals surface area contributed by atoms with Gasteiger partial charge in [-0.05, 0) is 60.2 Å². The largest absolute Gasteiger partial charge is 0.545 e. The highest BCUT2D eigenvalue weighted by Crippen LogP contribution is 2.34. The summed E-state index contributed by atoms with van der Waals surface area (Å²) in [6.45, 7) is 2.25. The van der Waals surface area contributed by atoms with E-state index in [2.05, 4.69) is 9.73 Å². The first-order valence-electron chi connectivity index (χ1n) is 8.72. The Morgan fingerprint density at radius 3 is 2.52 bits per heavy atom. The molecule has 0 bridgehead atoms. The molecule has 0 unspecified atom stereocenters. The van der Waals surface area contributed by atoms with E-state index < -0.39 is 11.9 Å². The normalized spacial score (nSPS) is 16.5. The van der Waals surface area contributed by atoms with E-state index in [0.717, 1.165) is 5.56 Å². The van der Waals surface area contributed by atoms with Gasteiger partial charge in [-0.15, -0.1) is 0 Å². The molecule has 1 aliphatic heterocycles. The molecule has 2 aromatic rings. The lowest BCUT2D eigenvalue weighted by Gasteiger charge is -2.12. The van der Waals surface area contributed by atoms with Crippen LogP contribution < -0.4 is 5.11 Å². The van der Waals surface area contributed by atoms with E-state index in [1.54, 1.807) is 42.5 Å². The van der Waals surface area contributed by atoms with Gasteiger partial charge < -0.3 is 14.6 Å². The number of carboxylic acid groups (broad SMARTS) is 1. The van der Waals surface area contributed by atoms with Crippen LogP contribution in [0.25, 0.3) is 6.08 Å². The van der Waals surface area contributed by atoms with Crippen molar-refractivity contribution in [1.82, 2.24) is 4.90 Å². The van der Waals surface area contributed by atoms with Crippen LogP contribution in [0.5, 0.6) is 0 Å². The average molecular weight is 409 g/mol.